The van der Waals surface area contributed by atoms with E-state index in [0.29, 0.717) is 16.3 Å². The van der Waals surface area contributed by atoms with Crippen LogP contribution in [0.2, 0.25) is 5.02 Å². The standard InChI is InChI=1S/C18H29ClN4O2/c1-5-20-16-10-17(25-4)14(9-15(16)19)18(24)21-13-11-22(3)7-8-23(6-2)12-13/h9-10,13,20H,5-8,11-12H2,1-4H3,(H,21,24). The Morgan fingerprint density at radius 3 is 2.72 bits per heavy atom. The fourth-order valence-corrected chi connectivity index (χ4v) is 3.34. The molecule has 1 amide bonds. The van der Waals surface area contributed by atoms with Gasteiger partial charge in [0.25, 0.3) is 5.91 Å². The second-order valence-corrected chi connectivity index (χ2v) is 6.80. The molecule has 1 atom stereocenters. The van der Waals surface area contributed by atoms with E-state index in [0.717, 1.165) is 45.0 Å². The fraction of sp³-hybridized carbons (Fsp3) is 0.611. The number of nitrogens with zero attached hydrogens (tertiary/aromatic N) is 2. The molecule has 0 spiro atoms. The number of benzene rings is 1. The Labute approximate surface area is 155 Å². The molecule has 1 fully saturated rings. The SMILES string of the molecule is CCNc1cc(OC)c(C(=O)NC2CN(C)CCN(CC)C2)cc1Cl. The molecule has 0 saturated carbocycles. The zero-order chi connectivity index (χ0) is 18.4. The maximum atomic E-state index is 12.8. The number of nitrogens with one attached hydrogen (secondary N) is 2. The topological polar surface area (TPSA) is 56.8 Å². The number of likely N-dealkylation sites (N-methyl/N-ethyl adjacent to an activating group) is 2. The molecule has 1 heterocycles. The summed E-state index contributed by atoms with van der Waals surface area (Å²) in [6, 6.07) is 3.51. The van der Waals surface area contributed by atoms with Crippen molar-refractivity contribution in [1.82, 2.24) is 15.1 Å². The Hall–Kier alpha value is -1.50. The van der Waals surface area contributed by atoms with Crippen LogP contribution in [0, 0.1) is 0 Å². The molecule has 7 heteroatoms. The zero-order valence-corrected chi connectivity index (χ0v) is 16.3. The molecule has 0 aromatic heterocycles. The highest BCUT2D eigenvalue weighted by atomic mass is 35.5. The Morgan fingerprint density at radius 2 is 2.08 bits per heavy atom. The molecule has 1 aromatic rings. The highest BCUT2D eigenvalue weighted by molar-refractivity contribution is 6.33. The van der Waals surface area contributed by atoms with E-state index in [-0.39, 0.29) is 11.9 Å². The molecule has 0 aliphatic carbocycles. The molecule has 140 valence electrons. The number of ether oxygens (including phenoxy) is 1. The quantitative estimate of drug-likeness (QED) is 0.805. The van der Waals surface area contributed by atoms with Gasteiger partial charge in [0, 0.05) is 38.8 Å². The number of methoxy groups -OCH3 is 1. The normalized spacial score (nSPS) is 19.3. The number of anilines is 1. The minimum absolute atomic E-state index is 0.0666. The average molecular weight is 369 g/mol. The largest absolute Gasteiger partial charge is 0.496 e. The predicted octanol–water partition coefficient (Wildman–Crippen LogP) is 2.15. The second-order valence-electron chi connectivity index (χ2n) is 6.39. The number of halogens is 1. The van der Waals surface area contributed by atoms with Gasteiger partial charge >= 0.3 is 0 Å². The van der Waals surface area contributed by atoms with Crippen molar-refractivity contribution in [3.63, 3.8) is 0 Å². The van der Waals surface area contributed by atoms with Gasteiger partial charge in [0.2, 0.25) is 0 Å². The number of amides is 1. The van der Waals surface area contributed by atoms with Crippen LogP contribution in [0.25, 0.3) is 0 Å². The van der Waals surface area contributed by atoms with E-state index < -0.39 is 0 Å². The summed E-state index contributed by atoms with van der Waals surface area (Å²) in [4.78, 5) is 17.4. The molecule has 25 heavy (non-hydrogen) atoms. The van der Waals surface area contributed by atoms with Gasteiger partial charge in [-0.2, -0.15) is 0 Å². The van der Waals surface area contributed by atoms with Gasteiger partial charge in [-0.25, -0.2) is 0 Å². The molecule has 1 aliphatic heterocycles. The van der Waals surface area contributed by atoms with Crippen LogP contribution in [0.4, 0.5) is 5.69 Å². The van der Waals surface area contributed by atoms with Crippen LogP contribution in [0.3, 0.4) is 0 Å². The molecule has 0 radical (unpaired) electrons. The summed E-state index contributed by atoms with van der Waals surface area (Å²) in [5.41, 5.74) is 1.23. The molecule has 1 aliphatic rings. The molecule has 2 N–H and O–H groups in total. The van der Waals surface area contributed by atoms with Crippen LogP contribution in [0.1, 0.15) is 24.2 Å². The minimum atomic E-state index is -0.154. The zero-order valence-electron chi connectivity index (χ0n) is 15.6. The minimum Gasteiger partial charge on any atom is -0.496 e. The van der Waals surface area contributed by atoms with Crippen molar-refractivity contribution in [2.45, 2.75) is 19.9 Å². The average Bonchev–Trinajstić information content (AvgIpc) is 2.77. The lowest BCUT2D eigenvalue weighted by atomic mass is 10.1. The molecule has 6 nitrogen and oxygen atoms in total. The van der Waals surface area contributed by atoms with Crippen LogP contribution < -0.4 is 15.4 Å². The second kappa shape index (κ2) is 9.27. The van der Waals surface area contributed by atoms with Crippen LogP contribution in [0.15, 0.2) is 12.1 Å². The van der Waals surface area contributed by atoms with Gasteiger partial charge < -0.3 is 25.2 Å². The number of carbonyl (C=O) groups is 1. The van der Waals surface area contributed by atoms with E-state index in [1.165, 1.54) is 0 Å². The van der Waals surface area contributed by atoms with Crippen LogP contribution >= 0.6 is 11.6 Å². The summed E-state index contributed by atoms with van der Waals surface area (Å²) in [6.45, 7) is 9.56. The summed E-state index contributed by atoms with van der Waals surface area (Å²) >= 11 is 6.30. The highest BCUT2D eigenvalue weighted by Gasteiger charge is 2.24. The van der Waals surface area contributed by atoms with E-state index in [1.54, 1.807) is 19.2 Å². The number of hydrogen-bond acceptors (Lipinski definition) is 5. The smallest absolute Gasteiger partial charge is 0.255 e. The van der Waals surface area contributed by atoms with Crippen molar-refractivity contribution in [2.75, 3.05) is 58.7 Å². The molecule has 0 bridgehead atoms. The first-order chi connectivity index (χ1) is 12.0. The Bertz CT molecular complexity index is 597. The maximum absolute atomic E-state index is 12.8. The maximum Gasteiger partial charge on any atom is 0.255 e. The molecular weight excluding hydrogens is 340 g/mol. The molecular formula is C18H29ClN4O2. The molecule has 1 aromatic carbocycles. The van der Waals surface area contributed by atoms with Gasteiger partial charge in [-0.15, -0.1) is 0 Å². The van der Waals surface area contributed by atoms with Crippen molar-refractivity contribution >= 4 is 23.2 Å². The van der Waals surface area contributed by atoms with Gasteiger partial charge in [0.1, 0.15) is 5.75 Å². The summed E-state index contributed by atoms with van der Waals surface area (Å²) in [5.74, 6) is 0.366. The third kappa shape index (κ3) is 5.23. The lowest BCUT2D eigenvalue weighted by Gasteiger charge is -2.24. The van der Waals surface area contributed by atoms with E-state index in [1.807, 2.05) is 6.92 Å². The molecule has 1 saturated heterocycles. The van der Waals surface area contributed by atoms with Crippen molar-refractivity contribution in [2.24, 2.45) is 0 Å². The summed E-state index contributed by atoms with van der Waals surface area (Å²) in [5, 5.41) is 6.83. The first kappa shape index (κ1) is 19.8. The Balaban J connectivity index is 2.17. The van der Waals surface area contributed by atoms with E-state index in [4.69, 9.17) is 16.3 Å². The molecule has 1 unspecified atom stereocenters. The van der Waals surface area contributed by atoms with Gasteiger partial charge in [-0.3, -0.25) is 4.79 Å². The summed E-state index contributed by atoms with van der Waals surface area (Å²) in [6.07, 6.45) is 0. The van der Waals surface area contributed by atoms with Gasteiger partial charge in [0.05, 0.1) is 29.4 Å². The van der Waals surface area contributed by atoms with E-state index in [2.05, 4.69) is 34.4 Å². The first-order valence-electron chi connectivity index (χ1n) is 8.81. The number of hydrogen-bond donors (Lipinski definition) is 2. The van der Waals surface area contributed by atoms with Crippen LogP contribution in [-0.4, -0.2) is 75.2 Å². The van der Waals surface area contributed by atoms with Crippen molar-refractivity contribution in [3.05, 3.63) is 22.7 Å². The van der Waals surface area contributed by atoms with Crippen LogP contribution in [0.5, 0.6) is 5.75 Å². The van der Waals surface area contributed by atoms with Crippen LogP contribution in [-0.2, 0) is 0 Å². The molecule has 2 rings (SSSR count). The monoisotopic (exact) mass is 368 g/mol. The fourth-order valence-electron chi connectivity index (χ4n) is 3.11. The number of carbonyl (C=O) groups excluding carboxylic acids is 1. The Kier molecular flexibility index (Phi) is 7.35. The van der Waals surface area contributed by atoms with E-state index in [9.17, 15) is 4.79 Å². The summed E-state index contributed by atoms with van der Waals surface area (Å²) in [7, 11) is 3.65. The van der Waals surface area contributed by atoms with Gasteiger partial charge in [0.15, 0.2) is 0 Å². The number of rotatable bonds is 6. The summed E-state index contributed by atoms with van der Waals surface area (Å²) < 4.78 is 5.41. The lowest BCUT2D eigenvalue weighted by molar-refractivity contribution is 0.0922. The predicted molar refractivity (Wildman–Crippen MR) is 103 cm³/mol. The van der Waals surface area contributed by atoms with Crippen molar-refractivity contribution in [3.8, 4) is 5.75 Å². The first-order valence-corrected chi connectivity index (χ1v) is 9.19. The third-order valence-electron chi connectivity index (χ3n) is 4.49. The van der Waals surface area contributed by atoms with Crippen molar-refractivity contribution < 1.29 is 9.53 Å². The van der Waals surface area contributed by atoms with Gasteiger partial charge in [-0.05, 0) is 26.6 Å². The van der Waals surface area contributed by atoms with E-state index >= 15 is 0 Å². The van der Waals surface area contributed by atoms with Gasteiger partial charge in [-0.1, -0.05) is 18.5 Å². The Morgan fingerprint density at radius 1 is 1.32 bits per heavy atom. The van der Waals surface area contributed by atoms with Crippen molar-refractivity contribution in [1.29, 1.82) is 0 Å². The lowest BCUT2D eigenvalue weighted by Crippen LogP contribution is -2.46. The highest BCUT2D eigenvalue weighted by Crippen LogP contribution is 2.31. The third-order valence-corrected chi connectivity index (χ3v) is 4.80.